The van der Waals surface area contributed by atoms with Crippen molar-refractivity contribution in [2.24, 2.45) is 0 Å². The number of hydrogen-bond acceptors (Lipinski definition) is 6. The molecule has 1 heterocycles. The average molecular weight is 674 g/mol. The molecule has 0 aliphatic carbocycles. The molecule has 1 aromatic heterocycles. The van der Waals surface area contributed by atoms with Crippen molar-refractivity contribution in [3.8, 4) is 0 Å². The lowest BCUT2D eigenvalue weighted by Crippen LogP contribution is -2.13. The minimum Gasteiger partial charge on any atom is -0.378 e. The second-order valence-corrected chi connectivity index (χ2v) is 13.9. The maximum Gasteiger partial charge on any atom is 0.0469 e. The maximum absolute atomic E-state index is 3.69. The van der Waals surface area contributed by atoms with Crippen LogP contribution in [0.3, 0.4) is 0 Å². The molecule has 0 aliphatic heterocycles. The minimum atomic E-state index is 1.10. The number of aromatic amines is 1. The fourth-order valence-electron chi connectivity index (χ4n) is 6.65. The number of nitrogens with one attached hydrogen (secondary N) is 1. The van der Waals surface area contributed by atoms with Gasteiger partial charge in [-0.2, -0.15) is 0 Å². The molecule has 0 spiro atoms. The summed E-state index contributed by atoms with van der Waals surface area (Å²) in [5.74, 6) is 0. The van der Waals surface area contributed by atoms with Crippen LogP contribution in [0.4, 0.5) is 56.9 Å². The van der Waals surface area contributed by atoms with Crippen LogP contribution in [0.1, 0.15) is 0 Å². The van der Waals surface area contributed by atoms with Gasteiger partial charge in [0.2, 0.25) is 0 Å². The third-order valence-corrected chi connectivity index (χ3v) is 9.58. The van der Waals surface area contributed by atoms with E-state index in [2.05, 4.69) is 224 Å². The van der Waals surface area contributed by atoms with Gasteiger partial charge < -0.3 is 34.4 Å². The summed E-state index contributed by atoms with van der Waals surface area (Å²) in [6.07, 6.45) is 0. The third-order valence-electron chi connectivity index (χ3n) is 9.58. The van der Waals surface area contributed by atoms with E-state index in [9.17, 15) is 0 Å². The van der Waals surface area contributed by atoms with E-state index in [0.29, 0.717) is 0 Å². The fraction of sp³-hybridized carbons (Fsp3) is 0.182. The summed E-state index contributed by atoms with van der Waals surface area (Å²) in [5.41, 5.74) is 13.5. The van der Waals surface area contributed by atoms with E-state index in [0.717, 1.165) is 45.2 Å². The van der Waals surface area contributed by atoms with Crippen molar-refractivity contribution < 1.29 is 0 Å². The van der Waals surface area contributed by atoms with Gasteiger partial charge in [-0.15, -0.1) is 0 Å². The highest BCUT2D eigenvalue weighted by Crippen LogP contribution is 2.42. The van der Waals surface area contributed by atoms with E-state index in [4.69, 9.17) is 0 Å². The normalized spacial score (nSPS) is 11.1. The van der Waals surface area contributed by atoms with Crippen molar-refractivity contribution in [1.29, 1.82) is 0 Å². The van der Waals surface area contributed by atoms with E-state index in [1.54, 1.807) is 0 Å². The SMILES string of the molecule is CN(C)c1ccc(N(c2ccc(N(C)C)cc2)c2ccc3[nH]c4ccc(N(c5ccc(N(C)C)cc5)c5ccc(N(C)C)cc5)cc4c3c2)cc1. The molecule has 6 aromatic carbocycles. The van der Waals surface area contributed by atoms with E-state index < -0.39 is 0 Å². The van der Waals surface area contributed by atoms with Gasteiger partial charge in [0.15, 0.2) is 0 Å². The van der Waals surface area contributed by atoms with Gasteiger partial charge in [0.05, 0.1) is 0 Å². The predicted octanol–water partition coefficient (Wildman–Crippen LogP) is 10.5. The Balaban J connectivity index is 1.36. The molecular formula is C44H47N7. The van der Waals surface area contributed by atoms with Crippen molar-refractivity contribution in [2.45, 2.75) is 0 Å². The summed E-state index contributed by atoms with van der Waals surface area (Å²) in [4.78, 5) is 16.9. The molecule has 0 fully saturated rings. The first-order valence-corrected chi connectivity index (χ1v) is 17.3. The van der Waals surface area contributed by atoms with Gasteiger partial charge in [0.1, 0.15) is 0 Å². The summed E-state index contributed by atoms with van der Waals surface area (Å²) in [5, 5.41) is 2.35. The Bertz CT molecular complexity index is 1980. The molecule has 7 heteroatoms. The van der Waals surface area contributed by atoms with Crippen molar-refractivity contribution in [3.05, 3.63) is 133 Å². The van der Waals surface area contributed by atoms with Gasteiger partial charge in [0.25, 0.3) is 0 Å². The van der Waals surface area contributed by atoms with E-state index in [1.807, 2.05) is 0 Å². The quantitative estimate of drug-likeness (QED) is 0.156. The van der Waals surface area contributed by atoms with Crippen LogP contribution in [-0.4, -0.2) is 61.4 Å². The molecule has 0 atom stereocenters. The van der Waals surface area contributed by atoms with Gasteiger partial charge in [-0.1, -0.05) is 0 Å². The second kappa shape index (κ2) is 13.7. The molecule has 0 aliphatic rings. The van der Waals surface area contributed by atoms with E-state index in [-0.39, 0.29) is 0 Å². The van der Waals surface area contributed by atoms with Crippen LogP contribution in [0, 0.1) is 0 Å². The lowest BCUT2D eigenvalue weighted by Gasteiger charge is -2.27. The average Bonchev–Trinajstić information content (AvgIpc) is 3.50. The molecular weight excluding hydrogens is 627 g/mol. The van der Waals surface area contributed by atoms with Gasteiger partial charge in [-0.3, -0.25) is 0 Å². The van der Waals surface area contributed by atoms with Crippen molar-refractivity contribution >= 4 is 78.7 Å². The zero-order valence-corrected chi connectivity index (χ0v) is 30.9. The Morgan fingerprint density at radius 1 is 0.275 bits per heavy atom. The zero-order valence-electron chi connectivity index (χ0n) is 30.9. The number of fused-ring (bicyclic) bond motifs is 3. The number of rotatable bonds is 10. The fourth-order valence-corrected chi connectivity index (χ4v) is 6.65. The van der Waals surface area contributed by atoms with Crippen LogP contribution in [0.2, 0.25) is 0 Å². The predicted molar refractivity (Wildman–Crippen MR) is 222 cm³/mol. The Morgan fingerprint density at radius 3 is 0.725 bits per heavy atom. The van der Waals surface area contributed by atoms with Crippen LogP contribution in [0.15, 0.2) is 133 Å². The van der Waals surface area contributed by atoms with Crippen molar-refractivity contribution in [2.75, 3.05) is 85.8 Å². The number of aromatic nitrogens is 1. The highest BCUT2D eigenvalue weighted by atomic mass is 15.2. The van der Waals surface area contributed by atoms with Crippen molar-refractivity contribution in [3.63, 3.8) is 0 Å². The highest BCUT2D eigenvalue weighted by molar-refractivity contribution is 6.10. The van der Waals surface area contributed by atoms with Crippen LogP contribution in [0.25, 0.3) is 21.8 Å². The Kier molecular flexibility index (Phi) is 8.96. The van der Waals surface area contributed by atoms with Crippen LogP contribution < -0.4 is 29.4 Å². The molecule has 7 nitrogen and oxygen atoms in total. The number of nitrogens with zero attached hydrogens (tertiary/aromatic N) is 6. The molecule has 0 unspecified atom stereocenters. The van der Waals surface area contributed by atoms with E-state index in [1.165, 1.54) is 33.5 Å². The lowest BCUT2D eigenvalue weighted by molar-refractivity contribution is 1.13. The highest BCUT2D eigenvalue weighted by Gasteiger charge is 2.18. The van der Waals surface area contributed by atoms with Gasteiger partial charge >= 0.3 is 0 Å². The number of hydrogen-bond donors (Lipinski definition) is 1. The Hall–Kier alpha value is -6.08. The first-order valence-electron chi connectivity index (χ1n) is 17.3. The van der Waals surface area contributed by atoms with Crippen LogP contribution in [0.5, 0.6) is 0 Å². The van der Waals surface area contributed by atoms with Crippen LogP contribution >= 0.6 is 0 Å². The molecule has 7 rings (SSSR count). The standard InChI is InChI=1S/C44H47N7/c1-46(2)31-9-17-35(18-10-31)50(36-19-11-32(12-20-36)47(3)4)39-25-27-43-41(29-39)42-30-40(26-28-44(42)45-43)51(37-21-13-33(14-22-37)48(5)6)38-23-15-34(16-24-38)49(7)8/h9-30,45H,1-8H3. The van der Waals surface area contributed by atoms with Crippen LogP contribution in [-0.2, 0) is 0 Å². The molecule has 258 valence electrons. The van der Waals surface area contributed by atoms with Crippen molar-refractivity contribution in [1.82, 2.24) is 4.98 Å². The maximum atomic E-state index is 3.69. The monoisotopic (exact) mass is 673 g/mol. The molecule has 51 heavy (non-hydrogen) atoms. The lowest BCUT2D eigenvalue weighted by atomic mass is 10.1. The van der Waals surface area contributed by atoms with Gasteiger partial charge in [-0.25, -0.2) is 0 Å². The molecule has 0 radical (unpaired) electrons. The largest absolute Gasteiger partial charge is 0.378 e. The topological polar surface area (TPSA) is 35.2 Å². The molecule has 0 saturated heterocycles. The molecule has 0 bridgehead atoms. The summed E-state index contributed by atoms with van der Waals surface area (Å²) in [6.45, 7) is 0. The Morgan fingerprint density at radius 2 is 0.490 bits per heavy atom. The molecule has 1 N–H and O–H groups in total. The number of anilines is 10. The molecule has 0 amide bonds. The minimum absolute atomic E-state index is 1.10. The Labute approximate surface area is 302 Å². The van der Waals surface area contributed by atoms with E-state index >= 15 is 0 Å². The third kappa shape index (κ3) is 6.63. The smallest absolute Gasteiger partial charge is 0.0469 e. The summed E-state index contributed by atoms with van der Waals surface area (Å²) in [6, 6.07) is 48.5. The first-order chi connectivity index (χ1) is 24.6. The number of benzene rings is 6. The van der Waals surface area contributed by atoms with Gasteiger partial charge in [-0.05, 0) is 133 Å². The summed E-state index contributed by atoms with van der Waals surface area (Å²) < 4.78 is 0. The van der Waals surface area contributed by atoms with Gasteiger partial charge in [0, 0.05) is 135 Å². The second-order valence-electron chi connectivity index (χ2n) is 13.9. The summed E-state index contributed by atoms with van der Waals surface area (Å²) >= 11 is 0. The summed E-state index contributed by atoms with van der Waals surface area (Å²) in [7, 11) is 16.6. The zero-order chi connectivity index (χ0) is 35.8. The number of H-pyrrole nitrogens is 1. The first kappa shape index (κ1) is 33.4. The molecule has 7 aromatic rings. The molecule has 0 saturated carbocycles.